The van der Waals surface area contributed by atoms with Crippen LogP contribution in [0.25, 0.3) is 0 Å². The number of aromatic nitrogens is 2. The monoisotopic (exact) mass is 399 g/mol. The van der Waals surface area contributed by atoms with E-state index in [1.165, 1.54) is 0 Å². The summed E-state index contributed by atoms with van der Waals surface area (Å²) in [5.74, 6) is 1.60. The number of hydrogen-bond donors (Lipinski definition) is 0. The SMILES string of the molecule is CCCC1(C(=O)N2CC3(CN(C)CC3c3ccnc(N4CCOCC4)n3)C2)CC1. The van der Waals surface area contributed by atoms with Gasteiger partial charge >= 0.3 is 0 Å². The Kier molecular flexibility index (Phi) is 4.78. The largest absolute Gasteiger partial charge is 0.378 e. The van der Waals surface area contributed by atoms with Gasteiger partial charge in [-0.1, -0.05) is 13.3 Å². The molecule has 1 unspecified atom stereocenters. The number of rotatable bonds is 5. The van der Waals surface area contributed by atoms with E-state index in [2.05, 4.69) is 39.7 Å². The van der Waals surface area contributed by atoms with Gasteiger partial charge < -0.3 is 19.4 Å². The highest BCUT2D eigenvalue weighted by molar-refractivity contribution is 5.86. The third-order valence-corrected chi connectivity index (χ3v) is 7.47. The Hall–Kier alpha value is -1.73. The maximum absolute atomic E-state index is 13.1. The molecule has 1 aliphatic carbocycles. The van der Waals surface area contributed by atoms with Gasteiger partial charge in [0.2, 0.25) is 11.9 Å². The van der Waals surface area contributed by atoms with Gasteiger partial charge in [0.25, 0.3) is 0 Å². The number of likely N-dealkylation sites (N-methyl/N-ethyl adjacent to an activating group) is 1. The van der Waals surface area contributed by atoms with Crippen LogP contribution in [-0.2, 0) is 9.53 Å². The van der Waals surface area contributed by atoms with Crippen molar-refractivity contribution < 1.29 is 9.53 Å². The molecule has 29 heavy (non-hydrogen) atoms. The summed E-state index contributed by atoms with van der Waals surface area (Å²) < 4.78 is 5.47. The van der Waals surface area contributed by atoms with Gasteiger partial charge in [0.15, 0.2) is 0 Å². The second-order valence-corrected chi connectivity index (χ2v) is 9.68. The Morgan fingerprint density at radius 3 is 2.69 bits per heavy atom. The van der Waals surface area contributed by atoms with E-state index in [0.29, 0.717) is 11.8 Å². The van der Waals surface area contributed by atoms with Crippen LogP contribution in [0.2, 0.25) is 0 Å². The normalized spacial score (nSPS) is 27.9. The number of carbonyl (C=O) groups excluding carboxylic acids is 1. The molecule has 1 atom stereocenters. The molecule has 3 saturated heterocycles. The van der Waals surface area contributed by atoms with Gasteiger partial charge in [-0.25, -0.2) is 9.97 Å². The molecule has 5 rings (SSSR count). The van der Waals surface area contributed by atoms with E-state index in [9.17, 15) is 4.79 Å². The zero-order valence-electron chi connectivity index (χ0n) is 17.8. The summed E-state index contributed by atoms with van der Waals surface area (Å²) in [7, 11) is 2.19. The summed E-state index contributed by atoms with van der Waals surface area (Å²) >= 11 is 0. The molecule has 1 saturated carbocycles. The topological polar surface area (TPSA) is 61.8 Å². The fourth-order valence-electron chi connectivity index (χ4n) is 5.81. The summed E-state index contributed by atoms with van der Waals surface area (Å²) in [5.41, 5.74) is 1.26. The van der Waals surface area contributed by atoms with Crippen LogP contribution in [0.5, 0.6) is 0 Å². The summed E-state index contributed by atoms with van der Waals surface area (Å²) in [4.78, 5) is 29.4. The van der Waals surface area contributed by atoms with Gasteiger partial charge in [-0.15, -0.1) is 0 Å². The van der Waals surface area contributed by atoms with Crippen molar-refractivity contribution in [3.63, 3.8) is 0 Å². The van der Waals surface area contributed by atoms with Crippen LogP contribution < -0.4 is 4.90 Å². The van der Waals surface area contributed by atoms with Crippen LogP contribution in [-0.4, -0.2) is 85.2 Å². The summed E-state index contributed by atoms with van der Waals surface area (Å²) in [6.45, 7) is 9.16. The van der Waals surface area contributed by atoms with Crippen LogP contribution in [0.3, 0.4) is 0 Å². The molecule has 7 nitrogen and oxygen atoms in total. The van der Waals surface area contributed by atoms with E-state index in [1.807, 2.05) is 6.20 Å². The predicted molar refractivity (Wildman–Crippen MR) is 111 cm³/mol. The van der Waals surface area contributed by atoms with Crippen LogP contribution in [0.1, 0.15) is 44.2 Å². The van der Waals surface area contributed by atoms with Crippen molar-refractivity contribution in [3.8, 4) is 0 Å². The number of nitrogens with zero attached hydrogens (tertiary/aromatic N) is 5. The van der Waals surface area contributed by atoms with Crippen molar-refractivity contribution in [2.75, 3.05) is 64.4 Å². The highest BCUT2D eigenvalue weighted by atomic mass is 16.5. The van der Waals surface area contributed by atoms with Gasteiger partial charge in [0.05, 0.1) is 18.9 Å². The summed E-state index contributed by atoms with van der Waals surface area (Å²) in [5, 5.41) is 0. The molecule has 4 heterocycles. The van der Waals surface area contributed by atoms with Gasteiger partial charge in [0, 0.05) is 62.2 Å². The van der Waals surface area contributed by atoms with Crippen molar-refractivity contribution in [1.82, 2.24) is 19.8 Å². The lowest BCUT2D eigenvalue weighted by Crippen LogP contribution is -2.62. The van der Waals surface area contributed by atoms with Crippen LogP contribution >= 0.6 is 0 Å². The lowest BCUT2D eigenvalue weighted by molar-refractivity contribution is -0.150. The minimum Gasteiger partial charge on any atom is -0.378 e. The Bertz CT molecular complexity index is 768. The fourth-order valence-corrected chi connectivity index (χ4v) is 5.81. The van der Waals surface area contributed by atoms with Crippen molar-refractivity contribution in [2.24, 2.45) is 10.8 Å². The molecule has 0 bridgehead atoms. The quantitative estimate of drug-likeness (QED) is 0.752. The molecular formula is C22H33N5O2. The number of likely N-dealkylation sites (tertiary alicyclic amines) is 2. The molecule has 7 heteroatoms. The molecule has 1 aromatic rings. The van der Waals surface area contributed by atoms with Crippen molar-refractivity contribution >= 4 is 11.9 Å². The standard InChI is InChI=1S/C22H33N5O2/c1-3-5-21(6-7-21)19(28)27-15-22(16-27)14-25(2)13-17(22)18-4-8-23-20(24-18)26-9-11-29-12-10-26/h4,8,17H,3,5-7,9-16H2,1-2H3. The van der Waals surface area contributed by atoms with E-state index in [4.69, 9.17) is 9.72 Å². The van der Waals surface area contributed by atoms with E-state index >= 15 is 0 Å². The number of anilines is 1. The van der Waals surface area contributed by atoms with Crippen LogP contribution in [0, 0.1) is 10.8 Å². The Morgan fingerprint density at radius 2 is 2.00 bits per heavy atom. The molecule has 4 aliphatic rings. The van der Waals surface area contributed by atoms with Gasteiger partial charge in [-0.05, 0) is 32.4 Å². The Labute approximate surface area is 173 Å². The first-order valence-corrected chi connectivity index (χ1v) is 11.2. The molecule has 0 radical (unpaired) electrons. The number of morpholine rings is 1. The van der Waals surface area contributed by atoms with Gasteiger partial charge in [-0.2, -0.15) is 0 Å². The number of amides is 1. The van der Waals surface area contributed by atoms with E-state index in [-0.39, 0.29) is 10.8 Å². The van der Waals surface area contributed by atoms with Crippen molar-refractivity contribution in [1.29, 1.82) is 0 Å². The smallest absolute Gasteiger partial charge is 0.228 e. The molecule has 0 N–H and O–H groups in total. The minimum absolute atomic E-state index is 0.0191. The average Bonchev–Trinajstić information content (AvgIpc) is 3.41. The van der Waals surface area contributed by atoms with Crippen LogP contribution in [0.15, 0.2) is 12.3 Å². The van der Waals surface area contributed by atoms with E-state index in [0.717, 1.165) is 89.8 Å². The first-order chi connectivity index (χ1) is 14.1. The molecule has 1 aromatic heterocycles. The third kappa shape index (κ3) is 3.32. The maximum Gasteiger partial charge on any atom is 0.228 e. The molecular weight excluding hydrogens is 366 g/mol. The van der Waals surface area contributed by atoms with Crippen molar-refractivity contribution in [3.05, 3.63) is 18.0 Å². The summed E-state index contributed by atoms with van der Waals surface area (Å²) in [6, 6.07) is 2.08. The predicted octanol–water partition coefficient (Wildman–Crippen LogP) is 1.75. The molecule has 4 fully saturated rings. The average molecular weight is 400 g/mol. The number of hydrogen-bond acceptors (Lipinski definition) is 6. The number of carbonyl (C=O) groups is 1. The Balaban J connectivity index is 1.32. The first kappa shape index (κ1) is 19.2. The first-order valence-electron chi connectivity index (χ1n) is 11.2. The van der Waals surface area contributed by atoms with E-state index in [1.54, 1.807) is 0 Å². The lowest BCUT2D eigenvalue weighted by Gasteiger charge is -2.52. The fraction of sp³-hybridized carbons (Fsp3) is 0.773. The lowest BCUT2D eigenvalue weighted by atomic mass is 9.69. The van der Waals surface area contributed by atoms with Gasteiger partial charge in [0.1, 0.15) is 0 Å². The molecule has 1 spiro atoms. The zero-order chi connectivity index (χ0) is 20.1. The highest BCUT2D eigenvalue weighted by Crippen LogP contribution is 2.55. The molecule has 0 aromatic carbocycles. The second kappa shape index (κ2) is 7.20. The van der Waals surface area contributed by atoms with Crippen molar-refractivity contribution in [2.45, 2.75) is 38.5 Å². The molecule has 1 amide bonds. The number of ether oxygens (including phenoxy) is 1. The van der Waals surface area contributed by atoms with Gasteiger partial charge in [-0.3, -0.25) is 4.79 Å². The molecule has 3 aliphatic heterocycles. The third-order valence-electron chi connectivity index (χ3n) is 7.47. The van der Waals surface area contributed by atoms with E-state index < -0.39 is 0 Å². The second-order valence-electron chi connectivity index (χ2n) is 9.68. The Morgan fingerprint density at radius 1 is 1.24 bits per heavy atom. The maximum atomic E-state index is 13.1. The minimum atomic E-state index is -0.0191. The summed E-state index contributed by atoms with van der Waals surface area (Å²) in [6.07, 6.45) is 6.22. The zero-order valence-corrected chi connectivity index (χ0v) is 17.8. The highest BCUT2D eigenvalue weighted by Gasteiger charge is 2.60. The molecule has 158 valence electrons. The van der Waals surface area contributed by atoms with Crippen LogP contribution in [0.4, 0.5) is 5.95 Å².